The number of hydrogen-bond acceptors (Lipinski definition) is 4. The molecule has 4 N–H and O–H groups in total. The molecule has 0 aromatic heterocycles. The molecule has 1 fully saturated rings. The summed E-state index contributed by atoms with van der Waals surface area (Å²) in [5.74, 6) is 2.03. The Hall–Kier alpha value is -2.82. The zero-order valence-electron chi connectivity index (χ0n) is 21.5. The molecule has 1 aliphatic carbocycles. The van der Waals surface area contributed by atoms with Crippen LogP contribution in [0, 0.1) is 23.2 Å². The fourth-order valence-corrected chi connectivity index (χ4v) is 5.50. The topological polar surface area (TPSA) is 79.5 Å². The van der Waals surface area contributed by atoms with Crippen LogP contribution in [0.3, 0.4) is 0 Å². The highest BCUT2D eigenvalue weighted by Crippen LogP contribution is 2.48. The number of rotatable bonds is 9. The van der Waals surface area contributed by atoms with Crippen molar-refractivity contribution in [3.05, 3.63) is 48.0 Å². The zero-order valence-corrected chi connectivity index (χ0v) is 21.5. The van der Waals surface area contributed by atoms with Crippen molar-refractivity contribution in [1.82, 2.24) is 0 Å². The summed E-state index contributed by atoms with van der Waals surface area (Å²) in [7, 11) is 1.90. The van der Waals surface area contributed by atoms with Crippen LogP contribution in [-0.4, -0.2) is 19.2 Å². The van der Waals surface area contributed by atoms with Gasteiger partial charge in [-0.25, -0.2) is 0 Å². The summed E-state index contributed by atoms with van der Waals surface area (Å²) in [5, 5.41) is 6.34. The smallest absolute Gasteiger partial charge is 0.230 e. The predicted molar refractivity (Wildman–Crippen MR) is 146 cm³/mol. The van der Waals surface area contributed by atoms with Crippen LogP contribution in [0.2, 0.25) is 0 Å². The van der Waals surface area contributed by atoms with Gasteiger partial charge in [0.2, 0.25) is 5.91 Å². The second-order valence-electron chi connectivity index (χ2n) is 10.4. The van der Waals surface area contributed by atoms with E-state index in [0.29, 0.717) is 29.1 Å². The monoisotopic (exact) mass is 462 g/mol. The molecule has 0 bridgehead atoms. The first-order valence-corrected chi connectivity index (χ1v) is 12.8. The van der Waals surface area contributed by atoms with E-state index in [4.69, 9.17) is 5.73 Å². The van der Waals surface area contributed by atoms with Crippen LogP contribution in [0.25, 0.3) is 0 Å². The molecule has 1 saturated carbocycles. The van der Waals surface area contributed by atoms with Crippen molar-refractivity contribution >= 4 is 34.9 Å². The number of nitrogen functional groups attached to an aromatic ring is 1. The van der Waals surface area contributed by atoms with Gasteiger partial charge in [-0.1, -0.05) is 46.2 Å². The number of amides is 1. The highest BCUT2D eigenvalue weighted by atomic mass is 16.2. The van der Waals surface area contributed by atoms with E-state index in [0.717, 1.165) is 42.6 Å². The molecule has 0 aliphatic heterocycles. The molecule has 3 rings (SSSR count). The van der Waals surface area contributed by atoms with Crippen LogP contribution in [0.5, 0.6) is 0 Å². The van der Waals surface area contributed by atoms with Crippen LogP contribution in [0.4, 0.5) is 22.7 Å². The molecule has 0 heterocycles. The van der Waals surface area contributed by atoms with Gasteiger partial charge < -0.3 is 16.4 Å². The van der Waals surface area contributed by atoms with Gasteiger partial charge in [-0.2, -0.15) is 0 Å². The number of benzene rings is 2. The zero-order chi connectivity index (χ0) is 24.7. The second kappa shape index (κ2) is 11.5. The number of carbonyl (C=O) groups is 1. The normalized spacial score (nSPS) is 22.8. The van der Waals surface area contributed by atoms with Gasteiger partial charge >= 0.3 is 0 Å². The van der Waals surface area contributed by atoms with E-state index in [2.05, 4.69) is 43.3 Å². The molecule has 5 heteroatoms. The number of hydrogen-bond donors (Lipinski definition) is 3. The number of anilines is 3. The number of nitrogens with one attached hydrogen (secondary N) is 2. The molecule has 3 unspecified atom stereocenters. The van der Waals surface area contributed by atoms with Crippen LogP contribution in [0.1, 0.15) is 71.8 Å². The van der Waals surface area contributed by atoms with Crippen molar-refractivity contribution in [3.8, 4) is 0 Å². The minimum Gasteiger partial charge on any atom is -0.397 e. The molecular formula is C29H42N4O. The molecule has 1 aliphatic rings. The van der Waals surface area contributed by atoms with Gasteiger partial charge in [-0.15, -0.1) is 0 Å². The van der Waals surface area contributed by atoms with Crippen molar-refractivity contribution in [3.63, 3.8) is 0 Å². The first kappa shape index (κ1) is 25.8. The van der Waals surface area contributed by atoms with Gasteiger partial charge in [0, 0.05) is 30.1 Å². The van der Waals surface area contributed by atoms with Crippen LogP contribution in [-0.2, 0) is 4.79 Å². The second-order valence-corrected chi connectivity index (χ2v) is 10.4. The maximum absolute atomic E-state index is 13.7. The summed E-state index contributed by atoms with van der Waals surface area (Å²) in [4.78, 5) is 18.3. The lowest BCUT2D eigenvalue weighted by molar-refractivity contribution is -0.130. The third-order valence-electron chi connectivity index (χ3n) is 7.41. The summed E-state index contributed by atoms with van der Waals surface area (Å²) < 4.78 is 0. The van der Waals surface area contributed by atoms with Crippen LogP contribution < -0.4 is 16.4 Å². The van der Waals surface area contributed by atoms with Crippen molar-refractivity contribution in [2.75, 3.05) is 23.4 Å². The van der Waals surface area contributed by atoms with Gasteiger partial charge in [0.15, 0.2) is 0 Å². The van der Waals surface area contributed by atoms with Crippen molar-refractivity contribution in [2.24, 2.45) is 28.2 Å². The molecule has 184 valence electrons. The molecule has 0 spiro atoms. The van der Waals surface area contributed by atoms with Crippen LogP contribution in [0.15, 0.2) is 47.5 Å². The lowest BCUT2D eigenvalue weighted by atomic mass is 9.62. The van der Waals surface area contributed by atoms with Gasteiger partial charge in [0.25, 0.3) is 0 Å². The Morgan fingerprint density at radius 3 is 2.41 bits per heavy atom. The van der Waals surface area contributed by atoms with Gasteiger partial charge in [-0.3, -0.25) is 9.79 Å². The molecule has 2 aromatic carbocycles. The third kappa shape index (κ3) is 6.40. The van der Waals surface area contributed by atoms with Crippen molar-refractivity contribution < 1.29 is 4.79 Å². The Labute approximate surface area is 205 Å². The first-order valence-electron chi connectivity index (χ1n) is 12.8. The summed E-state index contributed by atoms with van der Waals surface area (Å²) in [6, 6.07) is 13.6. The number of nitrogens with zero attached hydrogens (tertiary/aromatic N) is 1. The van der Waals surface area contributed by atoms with E-state index in [1.165, 1.54) is 12.8 Å². The van der Waals surface area contributed by atoms with E-state index in [1.807, 2.05) is 49.5 Å². The Morgan fingerprint density at radius 1 is 1.12 bits per heavy atom. The number of aliphatic imine (C=N–C) groups is 1. The molecule has 3 atom stereocenters. The largest absolute Gasteiger partial charge is 0.397 e. The van der Waals surface area contributed by atoms with E-state index >= 15 is 0 Å². The van der Waals surface area contributed by atoms with Crippen molar-refractivity contribution in [1.29, 1.82) is 0 Å². The molecular weight excluding hydrogens is 420 g/mol. The van der Waals surface area contributed by atoms with E-state index in [1.54, 1.807) is 6.21 Å². The SMILES string of the molecule is CCC1CC(CC(C)C)CC(CC)(C(=O)Nc2ccc(N)c(N=Cc3ccc(NC)cc3)c2)C1. The summed E-state index contributed by atoms with van der Waals surface area (Å²) >= 11 is 0. The minimum absolute atomic E-state index is 0.143. The Morgan fingerprint density at radius 2 is 1.79 bits per heavy atom. The van der Waals surface area contributed by atoms with Gasteiger partial charge in [-0.05, 0) is 85.8 Å². The molecule has 1 amide bonds. The minimum atomic E-state index is -0.307. The van der Waals surface area contributed by atoms with Crippen molar-refractivity contribution in [2.45, 2.75) is 66.2 Å². The molecule has 2 aromatic rings. The third-order valence-corrected chi connectivity index (χ3v) is 7.41. The summed E-state index contributed by atoms with van der Waals surface area (Å²) in [6.07, 6.45) is 8.21. The molecule has 5 nitrogen and oxygen atoms in total. The lowest BCUT2D eigenvalue weighted by Crippen LogP contribution is -2.43. The van der Waals surface area contributed by atoms with Gasteiger partial charge in [0.1, 0.15) is 0 Å². The maximum atomic E-state index is 13.7. The highest BCUT2D eigenvalue weighted by molar-refractivity contribution is 5.96. The van der Waals surface area contributed by atoms with Crippen LogP contribution >= 0.6 is 0 Å². The summed E-state index contributed by atoms with van der Waals surface area (Å²) in [6.45, 7) is 9.00. The quantitative estimate of drug-likeness (QED) is 0.271. The number of carbonyl (C=O) groups excluding carboxylic acids is 1. The molecule has 0 saturated heterocycles. The average molecular weight is 463 g/mol. The average Bonchev–Trinajstić information content (AvgIpc) is 2.83. The lowest BCUT2D eigenvalue weighted by Gasteiger charge is -2.43. The Balaban J connectivity index is 1.78. The Kier molecular flexibility index (Phi) is 8.76. The standard InChI is InChI=1S/C29H42N4O/c1-6-21-15-23(14-20(3)4)18-29(7-2,17-21)28(34)33-25-12-13-26(30)27(16-25)32-19-22-8-10-24(31-5)11-9-22/h8-13,16,19-21,23,31H,6-7,14-15,17-18,30H2,1-5H3,(H,33,34). The highest BCUT2D eigenvalue weighted by Gasteiger charge is 2.44. The molecule has 34 heavy (non-hydrogen) atoms. The van der Waals surface area contributed by atoms with E-state index in [9.17, 15) is 4.79 Å². The fourth-order valence-electron chi connectivity index (χ4n) is 5.50. The van der Waals surface area contributed by atoms with E-state index in [-0.39, 0.29) is 11.3 Å². The van der Waals surface area contributed by atoms with E-state index < -0.39 is 0 Å². The maximum Gasteiger partial charge on any atom is 0.230 e. The Bertz CT molecular complexity index is 982. The number of nitrogens with two attached hydrogens (primary N) is 1. The first-order chi connectivity index (χ1) is 16.3. The summed E-state index contributed by atoms with van der Waals surface area (Å²) in [5.41, 5.74) is 9.92. The molecule has 0 radical (unpaired) electrons. The fraction of sp³-hybridized carbons (Fsp3) is 0.517. The predicted octanol–water partition coefficient (Wildman–Crippen LogP) is 7.27. The van der Waals surface area contributed by atoms with Gasteiger partial charge in [0.05, 0.1) is 11.4 Å².